The molecule has 0 bridgehead atoms. The van der Waals surface area contributed by atoms with E-state index in [0.717, 1.165) is 45.2 Å². The lowest BCUT2D eigenvalue weighted by Gasteiger charge is -2.38. The molecular formula is C23H42N2O3. The minimum absolute atomic E-state index is 0.0813. The van der Waals surface area contributed by atoms with E-state index >= 15 is 0 Å². The number of unbranched alkanes of at least 4 members (excludes halogenated alkanes) is 2. The summed E-state index contributed by atoms with van der Waals surface area (Å²) in [5, 5.41) is 10.2. The van der Waals surface area contributed by atoms with E-state index < -0.39 is 6.23 Å². The number of nitrogens with zero attached hydrogens (tertiary/aromatic N) is 2. The van der Waals surface area contributed by atoms with Crippen LogP contribution in [0.1, 0.15) is 86.5 Å². The Labute approximate surface area is 171 Å². The number of rotatable bonds is 6. The summed E-state index contributed by atoms with van der Waals surface area (Å²) >= 11 is 0. The third-order valence-corrected chi connectivity index (χ3v) is 6.79. The summed E-state index contributed by atoms with van der Waals surface area (Å²) in [5.74, 6) is 0.966. The van der Waals surface area contributed by atoms with Gasteiger partial charge >= 0.3 is 0 Å². The zero-order valence-electron chi connectivity index (χ0n) is 19.0. The maximum atomic E-state index is 12.5. The number of aliphatic hydroxyl groups is 1. The van der Waals surface area contributed by atoms with Crippen LogP contribution >= 0.6 is 0 Å². The van der Waals surface area contributed by atoms with Crippen molar-refractivity contribution in [3.05, 3.63) is 0 Å². The molecule has 2 amide bonds. The molecule has 162 valence electrons. The molecule has 2 aliphatic heterocycles. The zero-order chi connectivity index (χ0) is 21.1. The zero-order valence-corrected chi connectivity index (χ0v) is 19.0. The molecule has 2 aliphatic rings. The van der Waals surface area contributed by atoms with Crippen LogP contribution in [-0.4, -0.2) is 52.6 Å². The first-order chi connectivity index (χ1) is 12.9. The molecule has 5 heteroatoms. The van der Waals surface area contributed by atoms with Crippen molar-refractivity contribution < 1.29 is 14.7 Å². The monoisotopic (exact) mass is 394 g/mol. The molecule has 0 aromatic heterocycles. The van der Waals surface area contributed by atoms with Gasteiger partial charge in [0.1, 0.15) is 6.23 Å². The van der Waals surface area contributed by atoms with Crippen LogP contribution in [0.3, 0.4) is 0 Å². The van der Waals surface area contributed by atoms with Gasteiger partial charge in [-0.1, -0.05) is 48.0 Å². The standard InChI is InChI=1S/C23H42N2O3/c1-22(2,3)17-11-14-24(15-12-17)19(26)10-8-7-9-13-25-20(27)16-18(21(25)28)23(4,5)6/h17-18,20,27H,7-16H2,1-6H3. The van der Waals surface area contributed by atoms with Gasteiger partial charge in [-0.3, -0.25) is 9.59 Å². The van der Waals surface area contributed by atoms with Crippen molar-refractivity contribution in [2.45, 2.75) is 92.7 Å². The lowest BCUT2D eigenvalue weighted by Crippen LogP contribution is -2.41. The Kier molecular flexibility index (Phi) is 7.57. The fraction of sp³-hybridized carbons (Fsp3) is 0.913. The van der Waals surface area contributed by atoms with Crippen LogP contribution in [0, 0.1) is 22.7 Å². The number of carbonyl (C=O) groups excluding carboxylic acids is 2. The fourth-order valence-corrected chi connectivity index (χ4v) is 4.66. The first-order valence-corrected chi connectivity index (χ1v) is 11.2. The summed E-state index contributed by atoms with van der Waals surface area (Å²) in [5.41, 5.74) is 0.221. The van der Waals surface area contributed by atoms with Crippen molar-refractivity contribution in [3.63, 3.8) is 0 Å². The highest BCUT2D eigenvalue weighted by atomic mass is 16.3. The van der Waals surface area contributed by atoms with E-state index in [1.807, 2.05) is 4.90 Å². The van der Waals surface area contributed by atoms with E-state index in [2.05, 4.69) is 41.5 Å². The average Bonchev–Trinajstić information content (AvgIpc) is 2.88. The lowest BCUT2D eigenvalue weighted by molar-refractivity contribution is -0.138. The molecule has 2 rings (SSSR count). The largest absolute Gasteiger partial charge is 0.373 e. The quantitative estimate of drug-likeness (QED) is 0.692. The van der Waals surface area contributed by atoms with Crippen LogP contribution < -0.4 is 0 Å². The first kappa shape index (κ1) is 23.2. The molecule has 28 heavy (non-hydrogen) atoms. The number of piperidine rings is 1. The van der Waals surface area contributed by atoms with Gasteiger partial charge in [0.25, 0.3) is 0 Å². The molecule has 0 saturated carbocycles. The molecule has 0 aromatic rings. The van der Waals surface area contributed by atoms with Crippen LogP contribution in [-0.2, 0) is 9.59 Å². The van der Waals surface area contributed by atoms with Gasteiger partial charge in [0.2, 0.25) is 11.8 Å². The molecule has 0 spiro atoms. The Balaban J connectivity index is 1.64. The number of likely N-dealkylation sites (tertiary alicyclic amines) is 2. The summed E-state index contributed by atoms with van der Waals surface area (Å²) in [4.78, 5) is 28.7. The van der Waals surface area contributed by atoms with Crippen molar-refractivity contribution in [2.75, 3.05) is 19.6 Å². The second-order valence-electron chi connectivity index (χ2n) is 11.0. The van der Waals surface area contributed by atoms with Crippen molar-refractivity contribution >= 4 is 11.8 Å². The fourth-order valence-electron chi connectivity index (χ4n) is 4.66. The molecule has 0 radical (unpaired) electrons. The van der Waals surface area contributed by atoms with Crippen molar-refractivity contribution in [3.8, 4) is 0 Å². The van der Waals surface area contributed by atoms with Crippen LogP contribution in [0.2, 0.25) is 0 Å². The Morgan fingerprint density at radius 2 is 1.61 bits per heavy atom. The van der Waals surface area contributed by atoms with Crippen molar-refractivity contribution in [2.24, 2.45) is 22.7 Å². The molecule has 5 nitrogen and oxygen atoms in total. The smallest absolute Gasteiger partial charge is 0.228 e. The van der Waals surface area contributed by atoms with Gasteiger partial charge in [0, 0.05) is 38.4 Å². The van der Waals surface area contributed by atoms with E-state index in [1.165, 1.54) is 0 Å². The lowest BCUT2D eigenvalue weighted by atomic mass is 9.75. The van der Waals surface area contributed by atoms with E-state index in [-0.39, 0.29) is 23.1 Å². The van der Waals surface area contributed by atoms with Gasteiger partial charge in [-0.25, -0.2) is 0 Å². The number of aliphatic hydroxyl groups excluding tert-OH is 1. The number of hydrogen-bond donors (Lipinski definition) is 1. The molecule has 2 atom stereocenters. The van der Waals surface area contributed by atoms with Gasteiger partial charge < -0.3 is 14.9 Å². The normalized spacial score (nSPS) is 24.9. The summed E-state index contributed by atoms with van der Waals surface area (Å²) in [6.07, 6.45) is 5.33. The van der Waals surface area contributed by atoms with Crippen LogP contribution in [0.15, 0.2) is 0 Å². The van der Waals surface area contributed by atoms with Gasteiger partial charge in [0.05, 0.1) is 0 Å². The maximum absolute atomic E-state index is 12.5. The third-order valence-electron chi connectivity index (χ3n) is 6.79. The highest BCUT2D eigenvalue weighted by Crippen LogP contribution is 2.37. The highest BCUT2D eigenvalue weighted by molar-refractivity contribution is 5.82. The molecule has 0 aliphatic carbocycles. The summed E-state index contributed by atoms with van der Waals surface area (Å²) in [6, 6.07) is 0. The van der Waals surface area contributed by atoms with Gasteiger partial charge in [-0.15, -0.1) is 0 Å². The minimum Gasteiger partial charge on any atom is -0.373 e. The first-order valence-electron chi connectivity index (χ1n) is 11.2. The topological polar surface area (TPSA) is 60.9 Å². The van der Waals surface area contributed by atoms with Crippen LogP contribution in [0.25, 0.3) is 0 Å². The Bertz CT molecular complexity index is 539. The molecular weight excluding hydrogens is 352 g/mol. The number of hydrogen-bond acceptors (Lipinski definition) is 3. The summed E-state index contributed by atoms with van der Waals surface area (Å²) in [7, 11) is 0. The summed E-state index contributed by atoms with van der Waals surface area (Å²) in [6.45, 7) is 15.4. The SMILES string of the molecule is CC(C)(C)C1CCN(C(=O)CCCCCN2C(=O)C(C(C)(C)C)CC2O)CC1. The minimum atomic E-state index is -0.650. The molecule has 1 N–H and O–H groups in total. The van der Waals surface area contributed by atoms with E-state index in [0.29, 0.717) is 30.7 Å². The Hall–Kier alpha value is -1.10. The van der Waals surface area contributed by atoms with E-state index in [4.69, 9.17) is 0 Å². The molecule has 2 heterocycles. The second kappa shape index (κ2) is 9.15. The summed E-state index contributed by atoms with van der Waals surface area (Å²) < 4.78 is 0. The van der Waals surface area contributed by atoms with Crippen LogP contribution in [0.5, 0.6) is 0 Å². The van der Waals surface area contributed by atoms with Crippen LogP contribution in [0.4, 0.5) is 0 Å². The van der Waals surface area contributed by atoms with Gasteiger partial charge in [-0.2, -0.15) is 0 Å². The molecule has 2 saturated heterocycles. The molecule has 0 aromatic carbocycles. The Morgan fingerprint density at radius 3 is 2.11 bits per heavy atom. The molecule has 2 fully saturated rings. The predicted octanol–water partition coefficient (Wildman–Crippen LogP) is 4.04. The number of amides is 2. The van der Waals surface area contributed by atoms with Crippen molar-refractivity contribution in [1.29, 1.82) is 0 Å². The molecule has 2 unspecified atom stereocenters. The third kappa shape index (κ3) is 5.95. The average molecular weight is 395 g/mol. The van der Waals surface area contributed by atoms with E-state index in [1.54, 1.807) is 4.90 Å². The second-order valence-corrected chi connectivity index (χ2v) is 11.0. The predicted molar refractivity (Wildman–Crippen MR) is 113 cm³/mol. The highest BCUT2D eigenvalue weighted by Gasteiger charge is 2.43. The number of carbonyl (C=O) groups is 2. The Morgan fingerprint density at radius 1 is 1.00 bits per heavy atom. The van der Waals surface area contributed by atoms with Gasteiger partial charge in [0.15, 0.2) is 0 Å². The van der Waals surface area contributed by atoms with E-state index in [9.17, 15) is 14.7 Å². The maximum Gasteiger partial charge on any atom is 0.228 e. The van der Waals surface area contributed by atoms with Gasteiger partial charge in [-0.05, 0) is 42.4 Å². The van der Waals surface area contributed by atoms with Crippen molar-refractivity contribution in [1.82, 2.24) is 9.80 Å².